The van der Waals surface area contributed by atoms with Gasteiger partial charge in [-0.05, 0) is 36.2 Å². The van der Waals surface area contributed by atoms with Crippen LogP contribution in [0, 0.1) is 5.41 Å². The summed E-state index contributed by atoms with van der Waals surface area (Å²) >= 11 is 0. The normalized spacial score (nSPS) is 23.6. The van der Waals surface area contributed by atoms with Crippen molar-refractivity contribution < 1.29 is 27.6 Å². The number of anilines is 1. The van der Waals surface area contributed by atoms with Gasteiger partial charge in [0.05, 0.1) is 17.6 Å². The Morgan fingerprint density at radius 1 is 0.861 bits per heavy atom. The SMILES string of the molecule is CC(=O)[C@@H]1[C@@H](c2ccc(C(F)(F)F)cc2)C2(C(=O)c3ccccc3C2=O)[C@@H]2C=Cc3ccccc3N12. The van der Waals surface area contributed by atoms with Gasteiger partial charge in [-0.2, -0.15) is 13.2 Å². The summed E-state index contributed by atoms with van der Waals surface area (Å²) in [5.74, 6) is -2.07. The van der Waals surface area contributed by atoms with Gasteiger partial charge in [-0.15, -0.1) is 0 Å². The first kappa shape index (κ1) is 22.5. The van der Waals surface area contributed by atoms with E-state index >= 15 is 0 Å². The van der Waals surface area contributed by atoms with Crippen molar-refractivity contribution in [3.63, 3.8) is 0 Å². The van der Waals surface area contributed by atoms with Crippen molar-refractivity contribution in [1.29, 1.82) is 0 Å². The summed E-state index contributed by atoms with van der Waals surface area (Å²) in [4.78, 5) is 43.5. The summed E-state index contributed by atoms with van der Waals surface area (Å²) in [5.41, 5.74) is -0.101. The lowest BCUT2D eigenvalue weighted by atomic mass is 9.64. The second kappa shape index (κ2) is 7.50. The number of fused-ring (bicyclic) bond motifs is 5. The largest absolute Gasteiger partial charge is 0.416 e. The third-order valence-electron chi connectivity index (χ3n) is 7.73. The number of hydrogen-bond acceptors (Lipinski definition) is 4. The zero-order valence-electron chi connectivity index (χ0n) is 19.1. The van der Waals surface area contributed by atoms with Crippen LogP contribution in [-0.4, -0.2) is 29.4 Å². The van der Waals surface area contributed by atoms with Crippen molar-refractivity contribution in [3.05, 3.63) is 107 Å². The van der Waals surface area contributed by atoms with Gasteiger partial charge < -0.3 is 4.90 Å². The maximum absolute atomic E-state index is 14.2. The number of alkyl halides is 3. The summed E-state index contributed by atoms with van der Waals surface area (Å²) in [6.07, 6.45) is -0.918. The number of benzene rings is 3. The predicted octanol–water partition coefficient (Wildman–Crippen LogP) is 5.73. The number of carbonyl (C=O) groups is 3. The van der Waals surface area contributed by atoms with E-state index in [0.29, 0.717) is 11.3 Å². The van der Waals surface area contributed by atoms with E-state index in [0.717, 1.165) is 17.7 Å². The molecule has 36 heavy (non-hydrogen) atoms. The number of carbonyl (C=O) groups excluding carboxylic acids is 3. The van der Waals surface area contributed by atoms with Gasteiger partial charge in [0.1, 0.15) is 5.41 Å². The lowest BCUT2D eigenvalue weighted by Gasteiger charge is -2.37. The molecule has 1 saturated heterocycles. The van der Waals surface area contributed by atoms with Crippen LogP contribution in [0.2, 0.25) is 0 Å². The summed E-state index contributed by atoms with van der Waals surface area (Å²) < 4.78 is 40.0. The van der Waals surface area contributed by atoms with Crippen molar-refractivity contribution in [3.8, 4) is 0 Å². The number of Topliss-reactive ketones (excluding diaryl/α,β-unsaturated/α-hetero) is 3. The molecule has 4 nitrogen and oxygen atoms in total. The van der Waals surface area contributed by atoms with Crippen LogP contribution >= 0.6 is 0 Å². The highest BCUT2D eigenvalue weighted by atomic mass is 19.4. The van der Waals surface area contributed by atoms with Gasteiger partial charge in [-0.25, -0.2) is 0 Å². The minimum absolute atomic E-state index is 0.274. The van der Waals surface area contributed by atoms with Crippen LogP contribution in [0.15, 0.2) is 78.9 Å². The van der Waals surface area contributed by atoms with E-state index < -0.39 is 46.7 Å². The maximum atomic E-state index is 14.2. The maximum Gasteiger partial charge on any atom is 0.416 e. The Bertz CT molecular complexity index is 1440. The summed E-state index contributed by atoms with van der Waals surface area (Å²) in [6, 6.07) is 16.7. The third-order valence-corrected chi connectivity index (χ3v) is 7.73. The number of halogens is 3. The molecule has 1 fully saturated rings. The molecule has 0 N–H and O–H groups in total. The fourth-order valence-corrected chi connectivity index (χ4v) is 6.32. The molecule has 7 heteroatoms. The second-order valence-corrected chi connectivity index (χ2v) is 9.50. The lowest BCUT2D eigenvalue weighted by Crippen LogP contribution is -2.48. The van der Waals surface area contributed by atoms with Crippen LogP contribution in [0.4, 0.5) is 18.9 Å². The lowest BCUT2D eigenvalue weighted by molar-refractivity contribution is -0.137. The molecule has 3 aliphatic rings. The highest BCUT2D eigenvalue weighted by Crippen LogP contribution is 2.60. The second-order valence-electron chi connectivity index (χ2n) is 9.50. The predicted molar refractivity (Wildman–Crippen MR) is 128 cm³/mol. The fourth-order valence-electron chi connectivity index (χ4n) is 6.32. The molecule has 0 bridgehead atoms. The van der Waals surface area contributed by atoms with Crippen molar-refractivity contribution in [2.24, 2.45) is 5.41 Å². The minimum Gasteiger partial charge on any atom is -0.352 e. The number of hydrogen-bond donors (Lipinski definition) is 0. The van der Waals surface area contributed by atoms with Crippen molar-refractivity contribution >= 4 is 29.1 Å². The Morgan fingerprint density at radius 3 is 2.03 bits per heavy atom. The van der Waals surface area contributed by atoms with E-state index in [1.165, 1.54) is 19.1 Å². The van der Waals surface area contributed by atoms with Gasteiger partial charge in [-0.1, -0.05) is 66.7 Å². The number of rotatable bonds is 2. The summed E-state index contributed by atoms with van der Waals surface area (Å²) in [5, 5.41) is 0. The highest BCUT2D eigenvalue weighted by Gasteiger charge is 2.71. The van der Waals surface area contributed by atoms with Crippen LogP contribution in [0.25, 0.3) is 6.08 Å². The van der Waals surface area contributed by atoms with E-state index in [-0.39, 0.29) is 16.9 Å². The molecular weight excluding hydrogens is 467 g/mol. The van der Waals surface area contributed by atoms with E-state index in [2.05, 4.69) is 0 Å². The number of nitrogens with zero attached hydrogens (tertiary/aromatic N) is 1. The Labute approximate surface area is 205 Å². The molecule has 0 saturated carbocycles. The minimum atomic E-state index is -4.54. The van der Waals surface area contributed by atoms with Gasteiger partial charge in [0.2, 0.25) is 0 Å². The standard InChI is InChI=1S/C29H20F3NO3/c1-16(34)25-24(18-10-13-19(14-11-18)29(30,31)32)28(26(35)20-7-3-4-8-21(20)27(28)36)23-15-12-17-6-2-5-9-22(17)33(23)25/h2-15,23-25H,1H3/t23-,24+,25+/m0/s1. The molecule has 2 heterocycles. The van der Waals surface area contributed by atoms with Crippen LogP contribution in [-0.2, 0) is 11.0 Å². The molecule has 3 aromatic rings. The zero-order chi connectivity index (χ0) is 25.4. The summed E-state index contributed by atoms with van der Waals surface area (Å²) in [6.45, 7) is 1.40. The quantitative estimate of drug-likeness (QED) is 0.434. The van der Waals surface area contributed by atoms with Crippen LogP contribution in [0.3, 0.4) is 0 Å². The molecule has 3 aromatic carbocycles. The van der Waals surface area contributed by atoms with Crippen LogP contribution in [0.5, 0.6) is 0 Å². The Kier molecular flexibility index (Phi) is 4.68. The van der Waals surface area contributed by atoms with Gasteiger partial charge in [0, 0.05) is 22.7 Å². The number of ketones is 3. The number of para-hydroxylation sites is 1. The van der Waals surface area contributed by atoms with E-state index in [1.807, 2.05) is 35.2 Å². The van der Waals surface area contributed by atoms with Crippen molar-refractivity contribution in [1.82, 2.24) is 0 Å². The van der Waals surface area contributed by atoms with Gasteiger partial charge in [-0.3, -0.25) is 14.4 Å². The van der Waals surface area contributed by atoms with Crippen LogP contribution in [0.1, 0.15) is 50.2 Å². The third kappa shape index (κ3) is 2.80. The first-order valence-electron chi connectivity index (χ1n) is 11.6. The molecule has 6 rings (SSSR count). The average molecular weight is 487 g/mol. The molecule has 2 aliphatic heterocycles. The molecule has 0 aromatic heterocycles. The summed E-state index contributed by atoms with van der Waals surface area (Å²) in [7, 11) is 0. The van der Waals surface area contributed by atoms with Gasteiger partial charge >= 0.3 is 6.18 Å². The van der Waals surface area contributed by atoms with E-state index in [4.69, 9.17) is 0 Å². The molecule has 1 spiro atoms. The molecule has 1 aliphatic carbocycles. The van der Waals surface area contributed by atoms with E-state index in [9.17, 15) is 27.6 Å². The molecule has 0 radical (unpaired) electrons. The Balaban J connectivity index is 1.64. The van der Waals surface area contributed by atoms with Gasteiger partial charge in [0.25, 0.3) is 0 Å². The Morgan fingerprint density at radius 2 is 1.44 bits per heavy atom. The molecule has 0 amide bonds. The monoisotopic (exact) mass is 487 g/mol. The topological polar surface area (TPSA) is 54.5 Å². The first-order chi connectivity index (χ1) is 17.2. The average Bonchev–Trinajstić information content (AvgIpc) is 3.30. The molecular formula is C29H20F3NO3. The Hall–Kier alpha value is -4.00. The zero-order valence-corrected chi connectivity index (χ0v) is 19.1. The molecule has 3 atom stereocenters. The molecule has 180 valence electrons. The fraction of sp³-hybridized carbons (Fsp3) is 0.207. The highest BCUT2D eigenvalue weighted by molar-refractivity contribution is 6.32. The van der Waals surface area contributed by atoms with Gasteiger partial charge in [0.15, 0.2) is 17.3 Å². The first-order valence-corrected chi connectivity index (χ1v) is 11.6. The van der Waals surface area contributed by atoms with Crippen LogP contribution < -0.4 is 4.90 Å². The smallest absolute Gasteiger partial charge is 0.352 e. The van der Waals surface area contributed by atoms with Crippen molar-refractivity contribution in [2.45, 2.75) is 31.1 Å². The van der Waals surface area contributed by atoms with Crippen molar-refractivity contribution in [2.75, 3.05) is 4.90 Å². The van der Waals surface area contributed by atoms with E-state index in [1.54, 1.807) is 30.3 Å². The molecule has 0 unspecified atom stereocenters.